The predicted molar refractivity (Wildman–Crippen MR) is 110 cm³/mol. The normalized spacial score (nSPS) is 15.0. The molecule has 2 aromatic carbocycles. The summed E-state index contributed by atoms with van der Waals surface area (Å²) in [5, 5.41) is 0.248. The van der Waals surface area contributed by atoms with Gasteiger partial charge >= 0.3 is 0 Å². The second-order valence-corrected chi connectivity index (χ2v) is 8.96. The lowest BCUT2D eigenvalue weighted by Gasteiger charge is -2.06. The van der Waals surface area contributed by atoms with Gasteiger partial charge < -0.3 is 0 Å². The van der Waals surface area contributed by atoms with Crippen molar-refractivity contribution in [3.8, 4) is 0 Å². The summed E-state index contributed by atoms with van der Waals surface area (Å²) in [5.41, 5.74) is 6.52. The van der Waals surface area contributed by atoms with Crippen LogP contribution in [-0.4, -0.2) is 24.2 Å². The summed E-state index contributed by atoms with van der Waals surface area (Å²) in [6.45, 7) is 0.604. The first-order chi connectivity index (χ1) is 13.6. The molecule has 0 atom stereocenters. The molecule has 0 fully saturated rings. The van der Waals surface area contributed by atoms with Gasteiger partial charge in [0.05, 0.1) is 23.7 Å². The van der Waals surface area contributed by atoms with E-state index in [9.17, 15) is 8.42 Å². The quantitative estimate of drug-likeness (QED) is 0.689. The number of pyridine rings is 1. The van der Waals surface area contributed by atoms with Crippen molar-refractivity contribution in [2.24, 2.45) is 9.98 Å². The van der Waals surface area contributed by atoms with Crippen molar-refractivity contribution in [3.63, 3.8) is 0 Å². The summed E-state index contributed by atoms with van der Waals surface area (Å²) in [4.78, 5) is 13.2. The third-order valence-electron chi connectivity index (χ3n) is 5.07. The molecular formula is C22H17N3O2S. The van der Waals surface area contributed by atoms with Gasteiger partial charge in [-0.15, -0.1) is 0 Å². The summed E-state index contributed by atoms with van der Waals surface area (Å²) in [6.07, 6.45) is 3.84. The van der Waals surface area contributed by atoms with Gasteiger partial charge in [0.15, 0.2) is 9.84 Å². The Bertz CT molecular complexity index is 1230. The van der Waals surface area contributed by atoms with Crippen LogP contribution in [0.4, 0.5) is 5.69 Å². The topological polar surface area (TPSA) is 71.8 Å². The fourth-order valence-corrected chi connectivity index (χ4v) is 5.09. The van der Waals surface area contributed by atoms with E-state index < -0.39 is 9.84 Å². The van der Waals surface area contributed by atoms with Gasteiger partial charge in [0.1, 0.15) is 5.04 Å². The second-order valence-electron chi connectivity index (χ2n) is 6.97. The van der Waals surface area contributed by atoms with E-state index in [4.69, 9.17) is 0 Å². The molecule has 5 rings (SSSR count). The minimum Gasteiger partial charge on any atom is -0.279 e. The Labute approximate surface area is 163 Å². The number of fused-ring (bicyclic) bond motifs is 2. The first-order valence-corrected chi connectivity index (χ1v) is 10.7. The standard InChI is InChI=1S/C22H17N3O2S/c26-28(27,14-15-4-2-1-3-5-15)21-11-17-10-18-13-24-22(16-6-8-23-9-7-16)19(18)12-20(17)25-21/h1-10,12H,11,13-14H2. The molecule has 3 heterocycles. The van der Waals surface area contributed by atoms with E-state index in [0.29, 0.717) is 13.0 Å². The Hall–Kier alpha value is -3.12. The SMILES string of the molecule is O=S(=O)(Cc1ccccc1)C1=Nc2cc3c(cc2C1)CN=C3c1ccncc1. The van der Waals surface area contributed by atoms with Crippen LogP contribution in [0.25, 0.3) is 0 Å². The van der Waals surface area contributed by atoms with E-state index in [2.05, 4.69) is 21.0 Å². The average molecular weight is 387 g/mol. The largest absolute Gasteiger partial charge is 0.279 e. The van der Waals surface area contributed by atoms with Gasteiger partial charge in [0.25, 0.3) is 0 Å². The Kier molecular flexibility index (Phi) is 3.94. The summed E-state index contributed by atoms with van der Waals surface area (Å²) in [7, 11) is -3.45. The first kappa shape index (κ1) is 17.0. The van der Waals surface area contributed by atoms with Gasteiger partial charge in [0, 0.05) is 29.9 Å². The zero-order chi connectivity index (χ0) is 19.1. The molecule has 6 heteroatoms. The van der Waals surface area contributed by atoms with Gasteiger partial charge in [-0.2, -0.15) is 0 Å². The lowest BCUT2D eigenvalue weighted by Crippen LogP contribution is -2.17. The number of aliphatic imine (C=N–C) groups is 2. The number of rotatable bonds is 3. The van der Waals surface area contributed by atoms with Crippen molar-refractivity contribution in [1.82, 2.24) is 4.98 Å². The molecule has 0 radical (unpaired) electrons. The molecule has 0 N–H and O–H groups in total. The fourth-order valence-electron chi connectivity index (χ4n) is 3.68. The van der Waals surface area contributed by atoms with Crippen molar-refractivity contribution in [3.05, 3.63) is 94.8 Å². The molecule has 0 bridgehead atoms. The van der Waals surface area contributed by atoms with E-state index in [-0.39, 0.29) is 10.8 Å². The molecule has 0 saturated heterocycles. The maximum absolute atomic E-state index is 12.8. The van der Waals surface area contributed by atoms with E-state index in [1.54, 1.807) is 12.4 Å². The molecule has 2 aliphatic rings. The highest BCUT2D eigenvalue weighted by atomic mass is 32.2. The second kappa shape index (κ2) is 6.49. The van der Waals surface area contributed by atoms with Crippen molar-refractivity contribution in [2.45, 2.75) is 18.7 Å². The van der Waals surface area contributed by atoms with Gasteiger partial charge in [0.2, 0.25) is 0 Å². The summed E-state index contributed by atoms with van der Waals surface area (Å²) >= 11 is 0. The first-order valence-electron chi connectivity index (χ1n) is 9.05. The Morgan fingerprint density at radius 1 is 0.929 bits per heavy atom. The van der Waals surface area contributed by atoms with Gasteiger partial charge in [-0.25, -0.2) is 13.4 Å². The number of hydrogen-bond donors (Lipinski definition) is 0. The van der Waals surface area contributed by atoms with Crippen molar-refractivity contribution >= 4 is 26.3 Å². The van der Waals surface area contributed by atoms with E-state index in [1.807, 2.05) is 48.5 Å². The van der Waals surface area contributed by atoms with Crippen molar-refractivity contribution in [2.75, 3.05) is 0 Å². The highest BCUT2D eigenvalue weighted by Gasteiger charge is 2.29. The number of nitrogens with zero attached hydrogens (tertiary/aromatic N) is 3. The molecule has 2 aliphatic heterocycles. The van der Waals surface area contributed by atoms with Crippen LogP contribution >= 0.6 is 0 Å². The van der Waals surface area contributed by atoms with Crippen LogP contribution in [0.5, 0.6) is 0 Å². The monoisotopic (exact) mass is 387 g/mol. The Morgan fingerprint density at radius 3 is 2.50 bits per heavy atom. The third kappa shape index (κ3) is 2.96. The Morgan fingerprint density at radius 2 is 1.71 bits per heavy atom. The molecular weight excluding hydrogens is 370 g/mol. The lowest BCUT2D eigenvalue weighted by molar-refractivity contribution is 0.606. The predicted octanol–water partition coefficient (Wildman–Crippen LogP) is 3.63. The van der Waals surface area contributed by atoms with Crippen LogP contribution in [0.2, 0.25) is 0 Å². The van der Waals surface area contributed by atoms with E-state index in [1.165, 1.54) is 0 Å². The van der Waals surface area contributed by atoms with Crippen LogP contribution in [0, 0.1) is 0 Å². The van der Waals surface area contributed by atoms with Crippen LogP contribution in [-0.2, 0) is 28.6 Å². The summed E-state index contributed by atoms with van der Waals surface area (Å²) < 4.78 is 25.7. The minimum atomic E-state index is -3.45. The lowest BCUT2D eigenvalue weighted by atomic mass is 9.97. The average Bonchev–Trinajstić information content (AvgIpc) is 3.31. The molecule has 0 unspecified atom stereocenters. The van der Waals surface area contributed by atoms with E-state index >= 15 is 0 Å². The van der Waals surface area contributed by atoms with Gasteiger partial charge in [-0.05, 0) is 34.9 Å². The van der Waals surface area contributed by atoms with Gasteiger partial charge in [-0.3, -0.25) is 9.98 Å². The molecule has 0 amide bonds. The molecule has 28 heavy (non-hydrogen) atoms. The van der Waals surface area contributed by atoms with Crippen LogP contribution < -0.4 is 0 Å². The number of sulfone groups is 1. The molecule has 0 spiro atoms. The summed E-state index contributed by atoms with van der Waals surface area (Å²) in [5.74, 6) is -0.0237. The van der Waals surface area contributed by atoms with Crippen LogP contribution in [0.3, 0.4) is 0 Å². The van der Waals surface area contributed by atoms with Crippen molar-refractivity contribution < 1.29 is 8.42 Å². The number of hydrogen-bond acceptors (Lipinski definition) is 5. The number of benzene rings is 2. The maximum Gasteiger partial charge on any atom is 0.196 e. The van der Waals surface area contributed by atoms with Gasteiger partial charge in [-0.1, -0.05) is 36.4 Å². The Balaban J connectivity index is 1.48. The smallest absolute Gasteiger partial charge is 0.196 e. The zero-order valence-electron chi connectivity index (χ0n) is 15.0. The highest BCUT2D eigenvalue weighted by molar-refractivity contribution is 8.05. The van der Waals surface area contributed by atoms with E-state index in [0.717, 1.165) is 39.2 Å². The highest BCUT2D eigenvalue weighted by Crippen LogP contribution is 2.35. The number of aromatic nitrogens is 1. The van der Waals surface area contributed by atoms with Crippen LogP contribution in [0.15, 0.2) is 77.0 Å². The molecule has 0 aliphatic carbocycles. The fraction of sp³-hybridized carbons (Fsp3) is 0.136. The molecule has 1 aromatic heterocycles. The summed E-state index contributed by atoms with van der Waals surface area (Å²) in [6, 6.07) is 17.1. The minimum absolute atomic E-state index is 0.0237. The molecule has 0 saturated carbocycles. The zero-order valence-corrected chi connectivity index (χ0v) is 15.9. The third-order valence-corrected chi connectivity index (χ3v) is 6.73. The van der Waals surface area contributed by atoms with Crippen molar-refractivity contribution in [1.29, 1.82) is 0 Å². The molecule has 5 nitrogen and oxygen atoms in total. The molecule has 138 valence electrons. The maximum atomic E-state index is 12.8. The van der Waals surface area contributed by atoms with Crippen LogP contribution in [0.1, 0.15) is 27.8 Å². The molecule has 3 aromatic rings.